The minimum absolute atomic E-state index is 0.993. The first-order valence-corrected chi connectivity index (χ1v) is 19.1. The lowest BCUT2D eigenvalue weighted by Gasteiger charge is -2.21. The van der Waals surface area contributed by atoms with Crippen molar-refractivity contribution in [2.75, 3.05) is 0 Å². The Bertz CT molecular complexity index is 3040. The average molecular weight is 702 g/mol. The second-order valence-electron chi connectivity index (χ2n) is 14.8. The maximum atomic E-state index is 4.99. The van der Waals surface area contributed by atoms with Crippen LogP contribution < -0.4 is 0 Å². The summed E-state index contributed by atoms with van der Waals surface area (Å²) in [6.45, 7) is 6.67. The summed E-state index contributed by atoms with van der Waals surface area (Å²) in [5.74, 6) is 0. The lowest BCUT2D eigenvalue weighted by atomic mass is 9.82. The molecule has 0 radical (unpaired) electrons. The van der Waals surface area contributed by atoms with Gasteiger partial charge >= 0.3 is 0 Å². The van der Waals surface area contributed by atoms with Crippen LogP contribution >= 0.6 is 0 Å². The Labute approximate surface area is 322 Å². The third kappa shape index (κ3) is 5.43. The standard InChI is InChI=1S/C54H39N/c1-34-31-35(2)51(36(3)32-34)48-28-29-49(43-21-7-6-20-42(43)48)53-46-24-10-8-22-44(46)52(45-23-9-11-25-47(45)53)39-18-12-17-38(33-39)41-27-14-30-55-54(41)50-26-13-16-37-15-4-5-19-40(37)50/h4-33H,1-3H3. The van der Waals surface area contributed by atoms with Gasteiger partial charge in [0.05, 0.1) is 5.69 Å². The summed E-state index contributed by atoms with van der Waals surface area (Å²) >= 11 is 0. The molecule has 0 spiro atoms. The van der Waals surface area contributed by atoms with Gasteiger partial charge in [-0.05, 0) is 126 Å². The van der Waals surface area contributed by atoms with Crippen molar-refractivity contribution in [3.63, 3.8) is 0 Å². The summed E-state index contributed by atoms with van der Waals surface area (Å²) in [6.07, 6.45) is 1.91. The van der Waals surface area contributed by atoms with Crippen LogP contribution in [0.4, 0.5) is 0 Å². The molecule has 10 rings (SSSR count). The van der Waals surface area contributed by atoms with Gasteiger partial charge in [-0.2, -0.15) is 0 Å². The minimum atomic E-state index is 0.993. The van der Waals surface area contributed by atoms with Crippen LogP contribution in [0.5, 0.6) is 0 Å². The second-order valence-corrected chi connectivity index (χ2v) is 14.8. The molecule has 0 saturated heterocycles. The summed E-state index contributed by atoms with van der Waals surface area (Å²) < 4.78 is 0. The van der Waals surface area contributed by atoms with Gasteiger partial charge < -0.3 is 0 Å². The molecular formula is C54H39N. The number of hydrogen-bond acceptors (Lipinski definition) is 1. The molecule has 260 valence electrons. The Morgan fingerprint density at radius 2 is 0.818 bits per heavy atom. The predicted octanol–water partition coefficient (Wildman–Crippen LogP) is 15.0. The molecule has 55 heavy (non-hydrogen) atoms. The molecule has 0 aliphatic carbocycles. The normalized spacial score (nSPS) is 11.5. The number of hydrogen-bond donors (Lipinski definition) is 0. The van der Waals surface area contributed by atoms with E-state index in [1.54, 1.807) is 0 Å². The Balaban J connectivity index is 1.20. The van der Waals surface area contributed by atoms with E-state index in [2.05, 4.69) is 191 Å². The number of fused-ring (bicyclic) bond motifs is 4. The number of aryl methyl sites for hydroxylation is 3. The van der Waals surface area contributed by atoms with Gasteiger partial charge in [-0.25, -0.2) is 0 Å². The van der Waals surface area contributed by atoms with Crippen molar-refractivity contribution in [2.45, 2.75) is 20.8 Å². The van der Waals surface area contributed by atoms with E-state index in [9.17, 15) is 0 Å². The molecular weight excluding hydrogens is 663 g/mol. The van der Waals surface area contributed by atoms with Crippen molar-refractivity contribution < 1.29 is 0 Å². The van der Waals surface area contributed by atoms with Gasteiger partial charge in [0.1, 0.15) is 0 Å². The molecule has 1 aromatic heterocycles. The number of aromatic nitrogens is 1. The zero-order valence-electron chi connectivity index (χ0n) is 31.3. The van der Waals surface area contributed by atoms with Crippen LogP contribution in [0.1, 0.15) is 16.7 Å². The van der Waals surface area contributed by atoms with E-state index in [4.69, 9.17) is 4.98 Å². The van der Waals surface area contributed by atoms with E-state index < -0.39 is 0 Å². The second kappa shape index (κ2) is 13.2. The summed E-state index contributed by atoms with van der Waals surface area (Å²) in [5.41, 5.74) is 15.9. The molecule has 0 atom stereocenters. The maximum Gasteiger partial charge on any atom is 0.0786 e. The number of pyridine rings is 1. The van der Waals surface area contributed by atoms with Crippen molar-refractivity contribution in [3.8, 4) is 55.8 Å². The highest BCUT2D eigenvalue weighted by molar-refractivity contribution is 6.24. The van der Waals surface area contributed by atoms with Crippen LogP contribution in [-0.2, 0) is 0 Å². The third-order valence-corrected chi connectivity index (χ3v) is 11.4. The lowest BCUT2D eigenvalue weighted by Crippen LogP contribution is -1.95. The van der Waals surface area contributed by atoms with Crippen LogP contribution in [0.3, 0.4) is 0 Å². The van der Waals surface area contributed by atoms with Crippen LogP contribution in [0.25, 0.3) is 98.9 Å². The van der Waals surface area contributed by atoms with Crippen LogP contribution in [0, 0.1) is 20.8 Å². The van der Waals surface area contributed by atoms with Gasteiger partial charge in [-0.1, -0.05) is 169 Å². The Morgan fingerprint density at radius 3 is 1.47 bits per heavy atom. The van der Waals surface area contributed by atoms with Gasteiger partial charge in [0.15, 0.2) is 0 Å². The molecule has 1 heterocycles. The molecule has 1 heteroatoms. The fraction of sp³-hybridized carbons (Fsp3) is 0.0556. The summed E-state index contributed by atoms with van der Waals surface area (Å²) in [5, 5.41) is 9.95. The highest BCUT2D eigenvalue weighted by Gasteiger charge is 2.20. The highest BCUT2D eigenvalue weighted by Crippen LogP contribution is 2.47. The largest absolute Gasteiger partial charge is 0.256 e. The average Bonchev–Trinajstić information content (AvgIpc) is 3.22. The van der Waals surface area contributed by atoms with E-state index in [1.807, 2.05) is 12.3 Å². The van der Waals surface area contributed by atoms with Gasteiger partial charge in [0, 0.05) is 17.3 Å². The molecule has 0 N–H and O–H groups in total. The SMILES string of the molecule is Cc1cc(C)c(-c2ccc(-c3c4ccccc4c(-c4cccc(-c5cccnc5-c5cccc6ccccc56)c4)c4ccccc34)c3ccccc23)c(C)c1. The van der Waals surface area contributed by atoms with Gasteiger partial charge in [0.2, 0.25) is 0 Å². The van der Waals surface area contributed by atoms with Crippen molar-refractivity contribution in [3.05, 3.63) is 199 Å². The van der Waals surface area contributed by atoms with Crippen LogP contribution in [0.15, 0.2) is 182 Å². The van der Waals surface area contributed by atoms with E-state index >= 15 is 0 Å². The molecule has 0 aliphatic heterocycles. The number of nitrogens with zero attached hydrogens (tertiary/aromatic N) is 1. The molecule has 10 aromatic rings. The molecule has 0 bridgehead atoms. The van der Waals surface area contributed by atoms with Crippen molar-refractivity contribution in [2.24, 2.45) is 0 Å². The molecule has 0 unspecified atom stereocenters. The zero-order chi connectivity index (χ0) is 37.0. The topological polar surface area (TPSA) is 12.9 Å². The molecule has 0 fully saturated rings. The van der Waals surface area contributed by atoms with Crippen LogP contribution in [0.2, 0.25) is 0 Å². The van der Waals surface area contributed by atoms with E-state index in [-0.39, 0.29) is 0 Å². The fourth-order valence-corrected chi connectivity index (χ4v) is 9.20. The van der Waals surface area contributed by atoms with Crippen molar-refractivity contribution in [1.29, 1.82) is 0 Å². The summed E-state index contributed by atoms with van der Waals surface area (Å²) in [6, 6.07) is 64.6. The van der Waals surface area contributed by atoms with Crippen LogP contribution in [-0.4, -0.2) is 4.98 Å². The minimum Gasteiger partial charge on any atom is -0.256 e. The van der Waals surface area contributed by atoms with E-state index in [1.165, 1.54) is 93.2 Å². The maximum absolute atomic E-state index is 4.99. The molecule has 0 amide bonds. The molecule has 9 aromatic carbocycles. The highest BCUT2D eigenvalue weighted by atomic mass is 14.7. The third-order valence-electron chi connectivity index (χ3n) is 11.4. The van der Waals surface area contributed by atoms with E-state index in [0.29, 0.717) is 0 Å². The first-order chi connectivity index (χ1) is 27.0. The molecule has 0 aliphatic rings. The van der Waals surface area contributed by atoms with Gasteiger partial charge in [0.25, 0.3) is 0 Å². The first-order valence-electron chi connectivity index (χ1n) is 19.1. The summed E-state index contributed by atoms with van der Waals surface area (Å²) in [7, 11) is 0. The molecule has 1 nitrogen and oxygen atoms in total. The Kier molecular flexibility index (Phi) is 7.89. The first kappa shape index (κ1) is 32.8. The monoisotopic (exact) mass is 701 g/mol. The molecule has 0 saturated carbocycles. The quantitative estimate of drug-likeness (QED) is 0.163. The van der Waals surface area contributed by atoms with E-state index in [0.717, 1.165) is 22.4 Å². The number of rotatable bonds is 5. The number of benzene rings is 9. The van der Waals surface area contributed by atoms with Gasteiger partial charge in [-0.15, -0.1) is 0 Å². The van der Waals surface area contributed by atoms with Gasteiger partial charge in [-0.3, -0.25) is 4.98 Å². The summed E-state index contributed by atoms with van der Waals surface area (Å²) in [4.78, 5) is 4.99. The fourth-order valence-electron chi connectivity index (χ4n) is 9.20. The smallest absolute Gasteiger partial charge is 0.0786 e. The predicted molar refractivity (Wildman–Crippen MR) is 236 cm³/mol. The zero-order valence-corrected chi connectivity index (χ0v) is 31.3. The Hall–Kier alpha value is -6.83. The Morgan fingerprint density at radius 1 is 0.327 bits per heavy atom. The lowest BCUT2D eigenvalue weighted by molar-refractivity contribution is 1.32. The van der Waals surface area contributed by atoms with Crippen molar-refractivity contribution in [1.82, 2.24) is 4.98 Å². The van der Waals surface area contributed by atoms with Crippen molar-refractivity contribution >= 4 is 43.1 Å².